The molecule has 1 heterocycles. The van der Waals surface area contributed by atoms with Crippen LogP contribution in [0.1, 0.15) is 11.1 Å². The number of aliphatic carboxylic acids is 1. The van der Waals surface area contributed by atoms with Crippen LogP contribution in [-0.2, 0) is 21.2 Å². The fraction of sp³-hybridized carbons (Fsp3) is 0.0870. The molecule has 0 saturated carbocycles. The monoisotopic (exact) mass is 479 g/mol. The first kappa shape index (κ1) is 23.0. The number of sulfonamides is 1. The third-order valence-electron chi connectivity index (χ3n) is 5.30. The maximum absolute atomic E-state index is 12.3. The van der Waals surface area contributed by atoms with Gasteiger partial charge in [-0.3, -0.25) is 10.2 Å². The first-order valence-corrected chi connectivity index (χ1v) is 11.5. The first-order chi connectivity index (χ1) is 16.1. The van der Waals surface area contributed by atoms with Crippen molar-refractivity contribution in [3.05, 3.63) is 65.7 Å². The number of imidazole rings is 1. The molecular formula is C23H21N5O5S. The van der Waals surface area contributed by atoms with E-state index >= 15 is 0 Å². The Morgan fingerprint density at radius 2 is 1.88 bits per heavy atom. The van der Waals surface area contributed by atoms with Gasteiger partial charge in [-0.1, -0.05) is 12.1 Å². The molecule has 0 unspecified atom stereocenters. The lowest BCUT2D eigenvalue weighted by Crippen LogP contribution is -2.18. The maximum Gasteiger partial charge on any atom is 0.307 e. The van der Waals surface area contributed by atoms with Gasteiger partial charge in [0.05, 0.1) is 27.9 Å². The number of nitrogens with one attached hydrogen (secondary N) is 3. The third kappa shape index (κ3) is 4.34. The molecule has 4 aromatic rings. The number of amidine groups is 1. The molecular weight excluding hydrogens is 458 g/mol. The van der Waals surface area contributed by atoms with Crippen molar-refractivity contribution in [2.24, 2.45) is 5.73 Å². The number of hydrogen-bond donors (Lipinski definition) is 6. The summed E-state index contributed by atoms with van der Waals surface area (Å²) in [4.78, 5) is 19.0. The number of carboxylic acid groups (broad SMARTS) is 1. The Labute approximate surface area is 194 Å². The van der Waals surface area contributed by atoms with Crippen LogP contribution in [0.25, 0.3) is 33.5 Å². The second-order valence-corrected chi connectivity index (χ2v) is 9.46. The largest absolute Gasteiger partial charge is 0.507 e. The Morgan fingerprint density at radius 3 is 2.56 bits per heavy atom. The number of nitrogen functional groups attached to an aromatic ring is 1. The Morgan fingerprint density at radius 1 is 1.15 bits per heavy atom. The lowest BCUT2D eigenvalue weighted by atomic mass is 9.96. The van der Waals surface area contributed by atoms with Crippen LogP contribution < -0.4 is 10.5 Å². The Hall–Kier alpha value is -4.22. The van der Waals surface area contributed by atoms with Crippen molar-refractivity contribution in [2.75, 3.05) is 7.05 Å². The van der Waals surface area contributed by atoms with Gasteiger partial charge >= 0.3 is 5.97 Å². The van der Waals surface area contributed by atoms with Gasteiger partial charge < -0.3 is 20.9 Å². The summed E-state index contributed by atoms with van der Waals surface area (Å²) >= 11 is 0. The van der Waals surface area contributed by atoms with Gasteiger partial charge in [0.15, 0.2) is 0 Å². The van der Waals surface area contributed by atoms with Crippen molar-refractivity contribution >= 4 is 32.9 Å². The Balaban J connectivity index is 1.92. The van der Waals surface area contributed by atoms with E-state index in [0.717, 1.165) is 0 Å². The number of phenols is 1. The lowest BCUT2D eigenvalue weighted by molar-refractivity contribution is -0.136. The van der Waals surface area contributed by atoms with Crippen LogP contribution in [-0.4, -0.2) is 47.5 Å². The van der Waals surface area contributed by atoms with E-state index in [4.69, 9.17) is 11.1 Å². The number of carbonyl (C=O) groups is 1. The topological polar surface area (TPSA) is 182 Å². The fourth-order valence-electron chi connectivity index (χ4n) is 3.62. The summed E-state index contributed by atoms with van der Waals surface area (Å²) in [6, 6.07) is 14.0. The minimum atomic E-state index is -3.73. The number of fused-ring (bicyclic) bond motifs is 1. The number of phenolic OH excluding ortho intramolecular Hbond substituents is 1. The molecule has 0 saturated heterocycles. The zero-order valence-electron chi connectivity index (χ0n) is 18.0. The van der Waals surface area contributed by atoms with Crippen LogP contribution in [0.2, 0.25) is 0 Å². The molecule has 0 aliphatic carbocycles. The van der Waals surface area contributed by atoms with E-state index in [1.54, 1.807) is 24.3 Å². The number of aromatic amines is 1. The van der Waals surface area contributed by atoms with Crippen LogP contribution in [0.4, 0.5) is 0 Å². The van der Waals surface area contributed by atoms with Crippen LogP contribution in [0.3, 0.4) is 0 Å². The number of carboxylic acids is 1. The molecule has 7 N–H and O–H groups in total. The van der Waals surface area contributed by atoms with Crippen molar-refractivity contribution in [1.82, 2.24) is 14.7 Å². The van der Waals surface area contributed by atoms with Gasteiger partial charge in [0.2, 0.25) is 10.0 Å². The highest BCUT2D eigenvalue weighted by atomic mass is 32.2. The Kier molecular flexibility index (Phi) is 5.82. The van der Waals surface area contributed by atoms with Gasteiger partial charge in [0, 0.05) is 11.1 Å². The summed E-state index contributed by atoms with van der Waals surface area (Å²) in [7, 11) is -2.44. The molecule has 1 aromatic heterocycles. The maximum atomic E-state index is 12.3. The SMILES string of the molecule is CNS(=O)(=O)c1cccc(-c2cc(CC(=O)O)cc(-c3nc4cc(C(=N)N)ccc4[nH]3)c2O)c1. The molecule has 174 valence electrons. The highest BCUT2D eigenvalue weighted by Crippen LogP contribution is 2.39. The molecule has 0 radical (unpaired) electrons. The molecule has 0 aliphatic heterocycles. The number of H-pyrrole nitrogens is 1. The molecule has 34 heavy (non-hydrogen) atoms. The standard InChI is InChI=1S/C23H21N5O5S/c1-26-34(32,33)15-4-2-3-13(10-15)16-7-12(9-20(29)30)8-17(21(16)31)23-27-18-6-5-14(22(24)25)11-19(18)28-23/h2-8,10-11,26,31H,9H2,1H3,(H3,24,25)(H,27,28)(H,29,30). The summed E-state index contributed by atoms with van der Waals surface area (Å²) in [5.74, 6) is -1.10. The fourth-order valence-corrected chi connectivity index (χ4v) is 4.40. The average Bonchev–Trinajstić information content (AvgIpc) is 3.23. The van der Waals surface area contributed by atoms with Crippen LogP contribution in [0.5, 0.6) is 5.75 Å². The van der Waals surface area contributed by atoms with E-state index in [9.17, 15) is 23.4 Å². The molecule has 0 aliphatic rings. The smallest absolute Gasteiger partial charge is 0.307 e. The molecule has 4 rings (SSSR count). The molecule has 0 spiro atoms. The molecule has 11 heteroatoms. The van der Waals surface area contributed by atoms with E-state index in [1.807, 2.05) is 0 Å². The zero-order valence-corrected chi connectivity index (χ0v) is 18.8. The van der Waals surface area contributed by atoms with Crippen LogP contribution in [0, 0.1) is 5.41 Å². The minimum Gasteiger partial charge on any atom is -0.507 e. The molecule has 0 bridgehead atoms. The predicted molar refractivity (Wildman–Crippen MR) is 127 cm³/mol. The van der Waals surface area contributed by atoms with Gasteiger partial charge in [-0.2, -0.15) is 0 Å². The minimum absolute atomic E-state index is 0.00223. The molecule has 0 atom stereocenters. The van der Waals surface area contributed by atoms with Crippen LogP contribution in [0.15, 0.2) is 59.5 Å². The van der Waals surface area contributed by atoms with Crippen molar-refractivity contribution < 1.29 is 23.4 Å². The average molecular weight is 480 g/mol. The number of rotatable bonds is 7. The highest BCUT2D eigenvalue weighted by molar-refractivity contribution is 7.89. The number of nitrogens with two attached hydrogens (primary N) is 1. The second kappa shape index (κ2) is 8.61. The van der Waals surface area contributed by atoms with Gasteiger partial charge in [-0.25, -0.2) is 18.1 Å². The van der Waals surface area contributed by atoms with E-state index < -0.39 is 16.0 Å². The summed E-state index contributed by atoms with van der Waals surface area (Å²) in [6.45, 7) is 0. The van der Waals surface area contributed by atoms with E-state index in [0.29, 0.717) is 27.7 Å². The van der Waals surface area contributed by atoms with Crippen molar-refractivity contribution in [1.29, 1.82) is 5.41 Å². The quantitative estimate of drug-likeness (QED) is 0.174. The van der Waals surface area contributed by atoms with E-state index in [1.165, 1.54) is 37.4 Å². The Bertz CT molecular complexity index is 1560. The number of nitrogens with zero attached hydrogens (tertiary/aromatic N) is 1. The van der Waals surface area contributed by atoms with Gasteiger partial charge in [0.1, 0.15) is 17.4 Å². The summed E-state index contributed by atoms with van der Waals surface area (Å²) in [5, 5.41) is 28.1. The van der Waals surface area contributed by atoms with Gasteiger partial charge in [0.25, 0.3) is 0 Å². The van der Waals surface area contributed by atoms with Crippen LogP contribution >= 0.6 is 0 Å². The first-order valence-electron chi connectivity index (χ1n) is 10.1. The second-order valence-electron chi connectivity index (χ2n) is 7.58. The third-order valence-corrected chi connectivity index (χ3v) is 6.71. The lowest BCUT2D eigenvalue weighted by Gasteiger charge is -2.13. The van der Waals surface area contributed by atoms with Crippen molar-refractivity contribution in [2.45, 2.75) is 11.3 Å². The van der Waals surface area contributed by atoms with Crippen molar-refractivity contribution in [3.8, 4) is 28.3 Å². The number of hydrogen-bond acceptors (Lipinski definition) is 6. The predicted octanol–water partition coefficient (Wildman–Crippen LogP) is 2.42. The van der Waals surface area contributed by atoms with Gasteiger partial charge in [-0.05, 0) is 60.6 Å². The summed E-state index contributed by atoms with van der Waals surface area (Å²) < 4.78 is 26.8. The molecule has 0 fully saturated rings. The highest BCUT2D eigenvalue weighted by Gasteiger charge is 2.19. The zero-order chi connectivity index (χ0) is 24.6. The number of aromatic hydroxyl groups is 1. The molecule has 10 nitrogen and oxygen atoms in total. The summed E-state index contributed by atoms with van der Waals surface area (Å²) in [6.07, 6.45) is -0.316. The van der Waals surface area contributed by atoms with Gasteiger partial charge in [-0.15, -0.1) is 0 Å². The number of benzene rings is 3. The van der Waals surface area contributed by atoms with E-state index in [2.05, 4.69) is 14.7 Å². The van der Waals surface area contributed by atoms with Crippen molar-refractivity contribution in [3.63, 3.8) is 0 Å². The van der Waals surface area contributed by atoms with E-state index in [-0.39, 0.29) is 39.9 Å². The number of aromatic nitrogens is 2. The normalized spacial score (nSPS) is 11.6. The molecule has 3 aromatic carbocycles. The summed E-state index contributed by atoms with van der Waals surface area (Å²) in [5.41, 5.74) is 8.46. The molecule has 0 amide bonds.